The van der Waals surface area contributed by atoms with Gasteiger partial charge in [-0.2, -0.15) is 0 Å². The van der Waals surface area contributed by atoms with E-state index in [9.17, 15) is 14.4 Å². The Morgan fingerprint density at radius 3 is 2.33 bits per heavy atom. The molecule has 0 radical (unpaired) electrons. The van der Waals surface area contributed by atoms with E-state index in [1.807, 2.05) is 0 Å². The van der Waals surface area contributed by atoms with Crippen LogP contribution in [0.5, 0.6) is 0 Å². The molecule has 5 nitrogen and oxygen atoms in total. The Bertz CT molecular complexity index is 621. The van der Waals surface area contributed by atoms with Gasteiger partial charge in [-0.15, -0.1) is 0 Å². The lowest BCUT2D eigenvalue weighted by molar-refractivity contribution is -0.136. The number of fused-ring (bicyclic) bond motifs is 2. The van der Waals surface area contributed by atoms with Crippen molar-refractivity contribution in [3.63, 3.8) is 0 Å². The molecule has 2 unspecified atom stereocenters. The summed E-state index contributed by atoms with van der Waals surface area (Å²) in [5.74, 6) is 0.0167. The summed E-state index contributed by atoms with van der Waals surface area (Å²) in [5, 5.41) is 2.91. The number of Topliss-reactive ketones (excluding diaryl/α,β-unsaturated/α-hetero) is 1. The van der Waals surface area contributed by atoms with Gasteiger partial charge >= 0.3 is 5.97 Å². The van der Waals surface area contributed by atoms with Gasteiger partial charge in [-0.05, 0) is 56.9 Å². The molecule has 0 spiro atoms. The van der Waals surface area contributed by atoms with Gasteiger partial charge < -0.3 is 10.1 Å². The SMILES string of the molecule is CCOC(=O)c1ccc(NC(=O)C2CC3CCCC(C2)C3=O)cc1. The molecule has 128 valence electrons. The Kier molecular flexibility index (Phi) is 4.97. The topological polar surface area (TPSA) is 72.5 Å². The van der Waals surface area contributed by atoms with Crippen LogP contribution in [0.25, 0.3) is 0 Å². The predicted octanol–water partition coefficient (Wildman–Crippen LogP) is 3.20. The third-order valence-electron chi connectivity index (χ3n) is 5.08. The van der Waals surface area contributed by atoms with Crippen molar-refractivity contribution >= 4 is 23.3 Å². The fourth-order valence-electron chi connectivity index (χ4n) is 3.84. The Labute approximate surface area is 141 Å². The first-order valence-electron chi connectivity index (χ1n) is 8.70. The maximum atomic E-state index is 12.5. The van der Waals surface area contributed by atoms with Gasteiger partial charge in [0.1, 0.15) is 5.78 Å². The molecule has 1 N–H and O–H groups in total. The quantitative estimate of drug-likeness (QED) is 0.861. The molecule has 2 fully saturated rings. The summed E-state index contributed by atoms with van der Waals surface area (Å²) < 4.78 is 4.94. The number of esters is 1. The van der Waals surface area contributed by atoms with Crippen LogP contribution >= 0.6 is 0 Å². The molecular formula is C19H23NO4. The lowest BCUT2D eigenvalue weighted by atomic mass is 9.67. The molecule has 2 aliphatic rings. The number of rotatable bonds is 4. The number of amides is 1. The summed E-state index contributed by atoms with van der Waals surface area (Å²) in [4.78, 5) is 36.3. The first-order chi connectivity index (χ1) is 11.6. The van der Waals surface area contributed by atoms with Crippen molar-refractivity contribution in [2.24, 2.45) is 17.8 Å². The van der Waals surface area contributed by atoms with Gasteiger partial charge in [0, 0.05) is 23.4 Å². The van der Waals surface area contributed by atoms with Crippen LogP contribution in [0.2, 0.25) is 0 Å². The molecule has 2 aliphatic carbocycles. The molecule has 0 aromatic heterocycles. The van der Waals surface area contributed by atoms with Crippen LogP contribution in [0.3, 0.4) is 0 Å². The minimum atomic E-state index is -0.367. The standard InChI is InChI=1S/C19H23NO4/c1-2-24-19(23)12-6-8-16(9-7-12)20-18(22)15-10-13-4-3-5-14(11-15)17(13)21/h6-9,13-15H,2-5,10-11H2,1H3,(H,20,22). The molecule has 2 saturated carbocycles. The monoisotopic (exact) mass is 329 g/mol. The molecular weight excluding hydrogens is 306 g/mol. The maximum Gasteiger partial charge on any atom is 0.338 e. The number of nitrogens with one attached hydrogen (secondary N) is 1. The molecule has 0 heterocycles. The number of hydrogen-bond donors (Lipinski definition) is 1. The number of carbonyl (C=O) groups is 3. The minimum absolute atomic E-state index is 0.0247. The van der Waals surface area contributed by atoms with Gasteiger partial charge in [0.25, 0.3) is 0 Å². The smallest absolute Gasteiger partial charge is 0.338 e. The summed E-state index contributed by atoms with van der Waals surface area (Å²) in [5.41, 5.74) is 1.13. The van der Waals surface area contributed by atoms with E-state index in [4.69, 9.17) is 4.74 Å². The van der Waals surface area contributed by atoms with Crippen molar-refractivity contribution in [1.82, 2.24) is 0 Å². The first-order valence-corrected chi connectivity index (χ1v) is 8.70. The second-order valence-corrected chi connectivity index (χ2v) is 6.68. The zero-order valence-corrected chi connectivity index (χ0v) is 13.9. The van der Waals surface area contributed by atoms with Crippen molar-refractivity contribution in [2.75, 3.05) is 11.9 Å². The van der Waals surface area contributed by atoms with E-state index in [2.05, 4.69) is 5.32 Å². The third kappa shape index (κ3) is 3.50. The van der Waals surface area contributed by atoms with Crippen LogP contribution in [-0.4, -0.2) is 24.3 Å². The third-order valence-corrected chi connectivity index (χ3v) is 5.08. The second kappa shape index (κ2) is 7.16. The van der Waals surface area contributed by atoms with Gasteiger partial charge in [0.2, 0.25) is 5.91 Å². The highest BCUT2D eigenvalue weighted by Crippen LogP contribution is 2.40. The van der Waals surface area contributed by atoms with Crippen molar-refractivity contribution in [3.8, 4) is 0 Å². The molecule has 1 amide bonds. The zero-order valence-electron chi connectivity index (χ0n) is 13.9. The van der Waals surface area contributed by atoms with E-state index >= 15 is 0 Å². The predicted molar refractivity (Wildman–Crippen MR) is 89.6 cm³/mol. The van der Waals surface area contributed by atoms with Crippen LogP contribution < -0.4 is 5.32 Å². The average molecular weight is 329 g/mol. The second-order valence-electron chi connectivity index (χ2n) is 6.68. The fourth-order valence-corrected chi connectivity index (χ4v) is 3.84. The summed E-state index contributed by atoms with van der Waals surface area (Å²) in [6, 6.07) is 6.71. The van der Waals surface area contributed by atoms with Crippen LogP contribution in [-0.2, 0) is 14.3 Å². The van der Waals surface area contributed by atoms with E-state index in [1.165, 1.54) is 0 Å². The molecule has 3 rings (SSSR count). The van der Waals surface area contributed by atoms with Gasteiger partial charge in [-0.25, -0.2) is 4.79 Å². The van der Waals surface area contributed by atoms with E-state index in [-0.39, 0.29) is 29.6 Å². The molecule has 0 saturated heterocycles. The van der Waals surface area contributed by atoms with Gasteiger partial charge in [-0.1, -0.05) is 6.42 Å². The highest BCUT2D eigenvalue weighted by Gasteiger charge is 2.41. The number of ketones is 1. The largest absolute Gasteiger partial charge is 0.462 e. The number of benzene rings is 1. The highest BCUT2D eigenvalue weighted by molar-refractivity contribution is 5.96. The molecule has 2 bridgehead atoms. The Morgan fingerprint density at radius 2 is 1.75 bits per heavy atom. The van der Waals surface area contributed by atoms with E-state index < -0.39 is 0 Å². The number of hydrogen-bond acceptors (Lipinski definition) is 4. The fraction of sp³-hybridized carbons (Fsp3) is 0.526. The van der Waals surface area contributed by atoms with Crippen molar-refractivity contribution in [1.29, 1.82) is 0 Å². The Hall–Kier alpha value is -2.17. The molecule has 24 heavy (non-hydrogen) atoms. The highest BCUT2D eigenvalue weighted by atomic mass is 16.5. The summed E-state index contributed by atoms with van der Waals surface area (Å²) in [6.07, 6.45) is 4.29. The van der Waals surface area contributed by atoms with E-state index in [1.54, 1.807) is 31.2 Å². The Morgan fingerprint density at radius 1 is 1.12 bits per heavy atom. The minimum Gasteiger partial charge on any atom is -0.462 e. The van der Waals surface area contributed by atoms with Crippen molar-refractivity contribution < 1.29 is 19.1 Å². The maximum absolute atomic E-state index is 12.5. The molecule has 5 heteroatoms. The normalized spacial score (nSPS) is 25.9. The number of anilines is 1. The van der Waals surface area contributed by atoms with Crippen molar-refractivity contribution in [2.45, 2.75) is 39.0 Å². The molecule has 2 atom stereocenters. The summed E-state index contributed by atoms with van der Waals surface area (Å²) in [6.45, 7) is 2.09. The lowest BCUT2D eigenvalue weighted by Crippen LogP contribution is -2.40. The molecule has 1 aromatic rings. The van der Waals surface area contributed by atoms with Gasteiger partial charge in [0.05, 0.1) is 12.2 Å². The van der Waals surface area contributed by atoms with Crippen molar-refractivity contribution in [3.05, 3.63) is 29.8 Å². The van der Waals surface area contributed by atoms with Crippen LogP contribution in [0, 0.1) is 17.8 Å². The zero-order chi connectivity index (χ0) is 17.1. The molecule has 0 aliphatic heterocycles. The average Bonchev–Trinajstić information content (AvgIpc) is 2.55. The van der Waals surface area contributed by atoms with E-state index in [0.717, 1.165) is 19.3 Å². The van der Waals surface area contributed by atoms with E-state index in [0.29, 0.717) is 36.5 Å². The van der Waals surface area contributed by atoms with Gasteiger partial charge in [0.15, 0.2) is 0 Å². The first kappa shape index (κ1) is 16.7. The van der Waals surface area contributed by atoms with Gasteiger partial charge in [-0.3, -0.25) is 9.59 Å². The Balaban J connectivity index is 1.61. The lowest BCUT2D eigenvalue weighted by Gasteiger charge is -2.36. The number of ether oxygens (including phenoxy) is 1. The molecule has 1 aromatic carbocycles. The van der Waals surface area contributed by atoms with Crippen LogP contribution in [0.1, 0.15) is 49.4 Å². The summed E-state index contributed by atoms with van der Waals surface area (Å²) in [7, 11) is 0. The number of carbonyl (C=O) groups excluding carboxylic acids is 3. The van der Waals surface area contributed by atoms with Crippen LogP contribution in [0.15, 0.2) is 24.3 Å². The summed E-state index contributed by atoms with van der Waals surface area (Å²) >= 11 is 0. The van der Waals surface area contributed by atoms with Crippen LogP contribution in [0.4, 0.5) is 5.69 Å².